The fourth-order valence-corrected chi connectivity index (χ4v) is 1.28. The van der Waals surface area contributed by atoms with E-state index in [1.807, 2.05) is 30.3 Å². The maximum Gasteiger partial charge on any atom is 0.0739 e. The van der Waals surface area contributed by atoms with Crippen LogP contribution in [-0.4, -0.2) is 4.98 Å². The van der Waals surface area contributed by atoms with Crippen molar-refractivity contribution >= 4 is 22.7 Å². The molecule has 0 radical (unpaired) electrons. The third-order valence-corrected chi connectivity index (χ3v) is 2.08. The molecule has 0 spiro atoms. The molecule has 76 valence electrons. The molecule has 1 heterocycles. The van der Waals surface area contributed by atoms with E-state index in [0.717, 1.165) is 11.4 Å². The molecule has 0 aliphatic rings. The summed E-state index contributed by atoms with van der Waals surface area (Å²) in [4.78, 5) is 3.91. The summed E-state index contributed by atoms with van der Waals surface area (Å²) in [6.07, 6.45) is 3.28. The summed E-state index contributed by atoms with van der Waals surface area (Å²) in [7, 11) is 0. The van der Waals surface area contributed by atoms with Crippen LogP contribution in [0.5, 0.6) is 0 Å². The Kier molecular flexibility index (Phi) is 2.41. The molecular formula is C11H12N4. The molecular weight excluding hydrogens is 188 g/mol. The molecule has 0 aliphatic heterocycles. The number of anilines is 4. The first-order valence-corrected chi connectivity index (χ1v) is 4.58. The minimum Gasteiger partial charge on any atom is -0.397 e. The molecule has 5 N–H and O–H groups in total. The van der Waals surface area contributed by atoms with Crippen molar-refractivity contribution < 1.29 is 0 Å². The highest BCUT2D eigenvalue weighted by Crippen LogP contribution is 2.25. The van der Waals surface area contributed by atoms with Crippen molar-refractivity contribution in [2.24, 2.45) is 0 Å². The third-order valence-electron chi connectivity index (χ3n) is 2.08. The van der Waals surface area contributed by atoms with E-state index in [1.165, 1.54) is 0 Å². The molecule has 2 aromatic rings. The first-order valence-electron chi connectivity index (χ1n) is 4.58. The topological polar surface area (TPSA) is 77.0 Å². The van der Waals surface area contributed by atoms with Crippen molar-refractivity contribution in [3.8, 4) is 0 Å². The summed E-state index contributed by atoms with van der Waals surface area (Å²) in [6.45, 7) is 0. The van der Waals surface area contributed by atoms with Crippen molar-refractivity contribution in [1.29, 1.82) is 0 Å². The van der Waals surface area contributed by atoms with E-state index < -0.39 is 0 Å². The standard InChI is InChI=1S/C11H12N4/c12-8-3-1-2-4-10(8)15-11-5-6-14-7-9(11)13/h1-7H,12-13H2,(H,14,15). The predicted octanol–water partition coefficient (Wildman–Crippen LogP) is 1.99. The fraction of sp³-hybridized carbons (Fsp3) is 0. The number of nitrogens with two attached hydrogens (primary N) is 2. The van der Waals surface area contributed by atoms with E-state index in [1.54, 1.807) is 12.4 Å². The molecule has 0 aliphatic carbocycles. The van der Waals surface area contributed by atoms with E-state index in [0.29, 0.717) is 11.4 Å². The summed E-state index contributed by atoms with van der Waals surface area (Å²) >= 11 is 0. The number of pyridine rings is 1. The van der Waals surface area contributed by atoms with Gasteiger partial charge in [0, 0.05) is 6.20 Å². The van der Waals surface area contributed by atoms with Crippen molar-refractivity contribution in [2.75, 3.05) is 16.8 Å². The number of nitrogens with one attached hydrogen (secondary N) is 1. The van der Waals surface area contributed by atoms with E-state index in [9.17, 15) is 0 Å². The first kappa shape index (κ1) is 9.33. The molecule has 4 nitrogen and oxygen atoms in total. The average molecular weight is 200 g/mol. The van der Waals surface area contributed by atoms with Crippen LogP contribution in [0.25, 0.3) is 0 Å². The molecule has 15 heavy (non-hydrogen) atoms. The SMILES string of the molecule is Nc1ccccc1Nc1ccncc1N. The molecule has 4 heteroatoms. The fourth-order valence-electron chi connectivity index (χ4n) is 1.28. The van der Waals surface area contributed by atoms with Crippen molar-refractivity contribution in [2.45, 2.75) is 0 Å². The monoisotopic (exact) mass is 200 g/mol. The molecule has 0 atom stereocenters. The van der Waals surface area contributed by atoms with Gasteiger partial charge in [-0.3, -0.25) is 4.98 Å². The van der Waals surface area contributed by atoms with Gasteiger partial charge >= 0.3 is 0 Å². The van der Waals surface area contributed by atoms with Gasteiger partial charge in [0.2, 0.25) is 0 Å². The Bertz CT molecular complexity index is 424. The number of hydrogen-bond acceptors (Lipinski definition) is 4. The average Bonchev–Trinajstić information content (AvgIpc) is 2.24. The van der Waals surface area contributed by atoms with Crippen LogP contribution in [0.3, 0.4) is 0 Å². The van der Waals surface area contributed by atoms with Gasteiger partial charge in [-0.1, -0.05) is 12.1 Å². The zero-order chi connectivity index (χ0) is 10.7. The van der Waals surface area contributed by atoms with Gasteiger partial charge in [0.05, 0.1) is 28.9 Å². The number of benzene rings is 1. The van der Waals surface area contributed by atoms with Gasteiger partial charge in [0.1, 0.15) is 0 Å². The second kappa shape index (κ2) is 3.88. The number of hydrogen-bond donors (Lipinski definition) is 3. The smallest absolute Gasteiger partial charge is 0.0739 e. The van der Waals surface area contributed by atoms with Crippen LogP contribution in [-0.2, 0) is 0 Å². The highest BCUT2D eigenvalue weighted by atomic mass is 14.9. The highest BCUT2D eigenvalue weighted by Gasteiger charge is 2.00. The molecule has 0 amide bonds. The molecule has 0 fully saturated rings. The van der Waals surface area contributed by atoms with E-state index >= 15 is 0 Å². The van der Waals surface area contributed by atoms with Gasteiger partial charge in [-0.2, -0.15) is 0 Å². The summed E-state index contributed by atoms with van der Waals surface area (Å²) in [5.74, 6) is 0. The van der Waals surface area contributed by atoms with Crippen molar-refractivity contribution in [3.63, 3.8) is 0 Å². The van der Waals surface area contributed by atoms with Crippen LogP contribution in [0.15, 0.2) is 42.7 Å². The lowest BCUT2D eigenvalue weighted by atomic mass is 10.2. The summed E-state index contributed by atoms with van der Waals surface area (Å²) in [5, 5.41) is 3.15. The lowest BCUT2D eigenvalue weighted by molar-refractivity contribution is 1.33. The number of nitrogens with zero attached hydrogens (tertiary/aromatic N) is 1. The Morgan fingerprint density at radius 1 is 0.933 bits per heavy atom. The zero-order valence-corrected chi connectivity index (χ0v) is 8.14. The Balaban J connectivity index is 2.30. The Morgan fingerprint density at radius 3 is 2.40 bits per heavy atom. The Labute approximate surface area is 87.9 Å². The molecule has 1 aromatic heterocycles. The predicted molar refractivity (Wildman–Crippen MR) is 62.8 cm³/mol. The minimum absolute atomic E-state index is 0.598. The van der Waals surface area contributed by atoms with Gasteiger partial charge < -0.3 is 16.8 Å². The van der Waals surface area contributed by atoms with Gasteiger partial charge in [-0.15, -0.1) is 0 Å². The van der Waals surface area contributed by atoms with Gasteiger partial charge in [-0.25, -0.2) is 0 Å². The number of para-hydroxylation sites is 2. The summed E-state index contributed by atoms with van der Waals surface area (Å²) in [6, 6.07) is 9.34. The first-order chi connectivity index (χ1) is 7.27. The second-order valence-electron chi connectivity index (χ2n) is 3.18. The summed E-state index contributed by atoms with van der Waals surface area (Å²) < 4.78 is 0. The highest BCUT2D eigenvalue weighted by molar-refractivity contribution is 5.77. The van der Waals surface area contributed by atoms with Crippen LogP contribution in [0.1, 0.15) is 0 Å². The second-order valence-corrected chi connectivity index (χ2v) is 3.18. The maximum absolute atomic E-state index is 5.80. The van der Waals surface area contributed by atoms with E-state index in [-0.39, 0.29) is 0 Å². The normalized spacial score (nSPS) is 9.87. The van der Waals surface area contributed by atoms with Crippen LogP contribution in [0.2, 0.25) is 0 Å². The molecule has 0 saturated carbocycles. The number of rotatable bonds is 2. The van der Waals surface area contributed by atoms with Gasteiger partial charge in [-0.05, 0) is 18.2 Å². The molecule has 1 aromatic carbocycles. The van der Waals surface area contributed by atoms with E-state index in [2.05, 4.69) is 10.3 Å². The number of nitrogen functional groups attached to an aromatic ring is 2. The van der Waals surface area contributed by atoms with Crippen molar-refractivity contribution in [1.82, 2.24) is 4.98 Å². The minimum atomic E-state index is 0.598. The molecule has 0 saturated heterocycles. The van der Waals surface area contributed by atoms with Gasteiger partial charge in [0.25, 0.3) is 0 Å². The van der Waals surface area contributed by atoms with Crippen LogP contribution >= 0.6 is 0 Å². The van der Waals surface area contributed by atoms with E-state index in [4.69, 9.17) is 11.5 Å². The quantitative estimate of drug-likeness (QED) is 0.648. The van der Waals surface area contributed by atoms with Crippen LogP contribution in [0, 0.1) is 0 Å². The molecule has 0 bridgehead atoms. The Hall–Kier alpha value is -2.23. The lowest BCUT2D eigenvalue weighted by Crippen LogP contribution is -1.99. The Morgan fingerprint density at radius 2 is 1.67 bits per heavy atom. The molecule has 2 rings (SSSR count). The van der Waals surface area contributed by atoms with Crippen LogP contribution < -0.4 is 16.8 Å². The van der Waals surface area contributed by atoms with Crippen molar-refractivity contribution in [3.05, 3.63) is 42.7 Å². The van der Waals surface area contributed by atoms with Crippen LogP contribution in [0.4, 0.5) is 22.7 Å². The third kappa shape index (κ3) is 1.99. The van der Waals surface area contributed by atoms with Gasteiger partial charge in [0.15, 0.2) is 0 Å². The summed E-state index contributed by atoms with van der Waals surface area (Å²) in [5.41, 5.74) is 14.5. The maximum atomic E-state index is 5.80. The zero-order valence-electron chi connectivity index (χ0n) is 8.14. The molecule has 0 unspecified atom stereocenters. The lowest BCUT2D eigenvalue weighted by Gasteiger charge is -2.10. The largest absolute Gasteiger partial charge is 0.397 e. The number of aromatic nitrogens is 1.